The molecule has 0 aliphatic heterocycles. The smallest absolute Gasteiger partial charge is 0.245 e. The van der Waals surface area contributed by atoms with Crippen LogP contribution in [0.3, 0.4) is 0 Å². The van der Waals surface area contributed by atoms with Crippen molar-refractivity contribution in [1.29, 1.82) is 0 Å². The van der Waals surface area contributed by atoms with Crippen molar-refractivity contribution < 1.29 is 19.2 Å². The van der Waals surface area contributed by atoms with Crippen LogP contribution < -0.4 is 10.8 Å². The summed E-state index contributed by atoms with van der Waals surface area (Å²) < 4.78 is 5.65. The van der Waals surface area contributed by atoms with Crippen molar-refractivity contribution in [3.63, 3.8) is 0 Å². The maximum absolute atomic E-state index is 12.3. The summed E-state index contributed by atoms with van der Waals surface area (Å²) in [5, 5.41) is 11.4. The maximum atomic E-state index is 12.3. The molecule has 0 saturated carbocycles. The molecule has 2 rings (SSSR count). The van der Waals surface area contributed by atoms with E-state index in [4.69, 9.17) is 9.62 Å². The average molecular weight is 345 g/mol. The molecule has 2 aromatic rings. The summed E-state index contributed by atoms with van der Waals surface area (Å²) in [6, 6.07) is 9.14. The number of aryl methyl sites for hydroxylation is 1. The molecule has 0 bridgehead atoms. The van der Waals surface area contributed by atoms with Crippen molar-refractivity contribution in [3.8, 4) is 11.5 Å². The average Bonchev–Trinajstić information content (AvgIpc) is 2.96. The summed E-state index contributed by atoms with van der Waals surface area (Å²) >= 11 is 0. The lowest BCUT2D eigenvalue weighted by Gasteiger charge is -2.16. The summed E-state index contributed by atoms with van der Waals surface area (Å²) in [7, 11) is 0. The summed E-state index contributed by atoms with van der Waals surface area (Å²) in [5.74, 6) is 0.308. The van der Waals surface area contributed by atoms with Crippen LogP contribution in [0.25, 0.3) is 11.5 Å². The Labute approximate surface area is 146 Å². The summed E-state index contributed by atoms with van der Waals surface area (Å²) in [6.45, 7) is 3.73. The van der Waals surface area contributed by atoms with Gasteiger partial charge < -0.3 is 9.73 Å². The summed E-state index contributed by atoms with van der Waals surface area (Å²) in [6.07, 6.45) is 1.56. The molecule has 1 aromatic heterocycles. The SMILES string of the molecule is CCCC(CC(=O)NO)NC(=O)Cc1nc(-c2ccccc2)oc1C. The highest BCUT2D eigenvalue weighted by Gasteiger charge is 2.19. The second kappa shape index (κ2) is 8.98. The van der Waals surface area contributed by atoms with Crippen LogP contribution in [0.15, 0.2) is 34.7 Å². The van der Waals surface area contributed by atoms with Gasteiger partial charge >= 0.3 is 0 Å². The van der Waals surface area contributed by atoms with Crippen molar-refractivity contribution >= 4 is 11.8 Å². The Hall–Kier alpha value is -2.67. The summed E-state index contributed by atoms with van der Waals surface area (Å²) in [4.78, 5) is 28.0. The van der Waals surface area contributed by atoms with Crippen LogP contribution in [0.2, 0.25) is 0 Å². The van der Waals surface area contributed by atoms with Gasteiger partial charge in [-0.3, -0.25) is 14.8 Å². The van der Waals surface area contributed by atoms with E-state index >= 15 is 0 Å². The van der Waals surface area contributed by atoms with Crippen LogP contribution in [0.1, 0.15) is 37.6 Å². The fourth-order valence-corrected chi connectivity index (χ4v) is 2.57. The fourth-order valence-electron chi connectivity index (χ4n) is 2.57. The molecule has 3 N–H and O–H groups in total. The number of oxazole rings is 1. The number of nitrogens with one attached hydrogen (secondary N) is 2. The lowest BCUT2D eigenvalue weighted by atomic mass is 10.1. The van der Waals surface area contributed by atoms with Crippen LogP contribution in [0, 0.1) is 6.92 Å². The van der Waals surface area contributed by atoms with Crippen LogP contribution >= 0.6 is 0 Å². The molecule has 1 unspecified atom stereocenters. The molecule has 134 valence electrons. The third kappa shape index (κ3) is 5.42. The molecular formula is C18H23N3O4. The fraction of sp³-hybridized carbons (Fsp3) is 0.389. The number of hydroxylamine groups is 1. The van der Waals surface area contributed by atoms with Gasteiger partial charge in [0, 0.05) is 18.0 Å². The van der Waals surface area contributed by atoms with Crippen LogP contribution in [0.5, 0.6) is 0 Å². The van der Waals surface area contributed by atoms with E-state index in [1.54, 1.807) is 12.4 Å². The van der Waals surface area contributed by atoms with E-state index in [2.05, 4.69) is 10.3 Å². The lowest BCUT2D eigenvalue weighted by molar-refractivity contribution is -0.130. The molecule has 0 aliphatic rings. The van der Waals surface area contributed by atoms with Gasteiger partial charge in [-0.1, -0.05) is 31.5 Å². The summed E-state index contributed by atoms with van der Waals surface area (Å²) in [5.41, 5.74) is 3.01. The Morgan fingerprint density at radius 3 is 2.60 bits per heavy atom. The van der Waals surface area contributed by atoms with Gasteiger partial charge in [-0.15, -0.1) is 0 Å². The molecular weight excluding hydrogens is 322 g/mol. The Morgan fingerprint density at radius 2 is 1.96 bits per heavy atom. The Balaban J connectivity index is 2.02. The second-order valence-electron chi connectivity index (χ2n) is 5.86. The number of amides is 2. The Morgan fingerprint density at radius 1 is 1.24 bits per heavy atom. The molecule has 0 radical (unpaired) electrons. The van der Waals surface area contributed by atoms with Crippen molar-refractivity contribution in [1.82, 2.24) is 15.8 Å². The Kier molecular flexibility index (Phi) is 6.71. The number of hydrogen-bond acceptors (Lipinski definition) is 5. The lowest BCUT2D eigenvalue weighted by Crippen LogP contribution is -2.39. The third-order valence-electron chi connectivity index (χ3n) is 3.80. The van der Waals surface area contributed by atoms with Crippen molar-refractivity contribution in [2.45, 2.75) is 45.6 Å². The van der Waals surface area contributed by atoms with E-state index in [-0.39, 0.29) is 24.8 Å². The standard InChI is InChI=1S/C18H23N3O4/c1-3-7-14(10-17(23)21-24)19-16(22)11-15-12(2)25-18(20-15)13-8-5-4-6-9-13/h4-6,8-9,14,24H,3,7,10-11H2,1-2H3,(H,19,22)(H,21,23). The van der Waals surface area contributed by atoms with Gasteiger partial charge in [0.2, 0.25) is 17.7 Å². The van der Waals surface area contributed by atoms with Crippen molar-refractivity contribution in [3.05, 3.63) is 41.8 Å². The molecule has 7 heteroatoms. The van der Waals surface area contributed by atoms with E-state index < -0.39 is 5.91 Å². The Bertz CT molecular complexity index is 712. The number of aromatic nitrogens is 1. The predicted octanol–water partition coefficient (Wildman–Crippen LogP) is 2.37. The first-order valence-corrected chi connectivity index (χ1v) is 8.27. The first-order chi connectivity index (χ1) is 12.0. The quantitative estimate of drug-likeness (QED) is 0.503. The van der Waals surface area contributed by atoms with E-state index in [0.717, 1.165) is 12.0 Å². The van der Waals surface area contributed by atoms with Crippen LogP contribution in [-0.2, 0) is 16.0 Å². The number of nitrogens with zero attached hydrogens (tertiary/aromatic N) is 1. The molecule has 25 heavy (non-hydrogen) atoms. The molecule has 0 fully saturated rings. The molecule has 0 spiro atoms. The van der Waals surface area contributed by atoms with E-state index in [1.807, 2.05) is 37.3 Å². The number of hydrogen-bond donors (Lipinski definition) is 3. The first-order valence-electron chi connectivity index (χ1n) is 8.27. The molecule has 0 aliphatic carbocycles. The van der Waals surface area contributed by atoms with Crippen LogP contribution in [0.4, 0.5) is 0 Å². The molecule has 1 aromatic carbocycles. The zero-order chi connectivity index (χ0) is 18.2. The molecule has 1 heterocycles. The number of benzene rings is 1. The van der Waals surface area contributed by atoms with Gasteiger partial charge in [0.05, 0.1) is 12.1 Å². The number of carbonyl (C=O) groups excluding carboxylic acids is 2. The largest absolute Gasteiger partial charge is 0.441 e. The minimum atomic E-state index is -0.525. The predicted molar refractivity (Wildman–Crippen MR) is 91.8 cm³/mol. The third-order valence-corrected chi connectivity index (χ3v) is 3.80. The molecule has 2 amide bonds. The minimum absolute atomic E-state index is 0.0309. The van der Waals surface area contributed by atoms with Gasteiger partial charge in [0.1, 0.15) is 5.76 Å². The highest BCUT2D eigenvalue weighted by atomic mass is 16.5. The monoisotopic (exact) mass is 345 g/mol. The highest BCUT2D eigenvalue weighted by Crippen LogP contribution is 2.21. The molecule has 0 saturated heterocycles. The van der Waals surface area contributed by atoms with Gasteiger partial charge in [-0.25, -0.2) is 10.5 Å². The van der Waals surface area contributed by atoms with Gasteiger partial charge in [-0.2, -0.15) is 0 Å². The maximum Gasteiger partial charge on any atom is 0.245 e. The van der Waals surface area contributed by atoms with E-state index in [0.29, 0.717) is 23.8 Å². The van der Waals surface area contributed by atoms with Crippen molar-refractivity contribution in [2.24, 2.45) is 0 Å². The van der Waals surface area contributed by atoms with E-state index in [9.17, 15) is 9.59 Å². The second-order valence-corrected chi connectivity index (χ2v) is 5.86. The van der Waals surface area contributed by atoms with E-state index in [1.165, 1.54) is 0 Å². The molecule has 7 nitrogen and oxygen atoms in total. The van der Waals surface area contributed by atoms with Crippen molar-refractivity contribution in [2.75, 3.05) is 0 Å². The first kappa shape index (κ1) is 18.7. The van der Waals surface area contributed by atoms with Crippen LogP contribution in [-0.4, -0.2) is 28.0 Å². The normalized spacial score (nSPS) is 11.8. The zero-order valence-electron chi connectivity index (χ0n) is 14.4. The molecule has 1 atom stereocenters. The van der Waals surface area contributed by atoms with Gasteiger partial charge in [0.25, 0.3) is 0 Å². The topological polar surface area (TPSA) is 104 Å². The van der Waals surface area contributed by atoms with Gasteiger partial charge in [-0.05, 0) is 25.5 Å². The number of rotatable bonds is 8. The number of carbonyl (C=O) groups is 2. The zero-order valence-corrected chi connectivity index (χ0v) is 14.4. The van der Waals surface area contributed by atoms with Gasteiger partial charge in [0.15, 0.2) is 0 Å². The minimum Gasteiger partial charge on any atom is -0.441 e. The highest BCUT2D eigenvalue weighted by molar-refractivity contribution is 5.80.